The Bertz CT molecular complexity index is 621. The Balaban J connectivity index is 2.08. The summed E-state index contributed by atoms with van der Waals surface area (Å²) in [7, 11) is 0. The monoisotopic (exact) mass is 334 g/mol. The van der Waals surface area contributed by atoms with Gasteiger partial charge in [-0.3, -0.25) is 4.79 Å². The van der Waals surface area contributed by atoms with E-state index in [0.717, 1.165) is 5.56 Å². The Kier molecular flexibility index (Phi) is 4.90. The highest BCUT2D eigenvalue weighted by Gasteiger charge is 2.41. The number of nitrogens with two attached hydrogens (primary N) is 1. The van der Waals surface area contributed by atoms with Crippen molar-refractivity contribution in [3.63, 3.8) is 0 Å². The average Bonchev–Trinajstić information content (AvgIpc) is 2.44. The molecule has 2 rings (SSSR count). The van der Waals surface area contributed by atoms with E-state index in [-0.39, 0.29) is 12.1 Å². The Morgan fingerprint density at radius 3 is 2.46 bits per heavy atom. The molecule has 1 fully saturated rings. The van der Waals surface area contributed by atoms with Crippen LogP contribution in [0.2, 0.25) is 0 Å². The molecule has 0 unspecified atom stereocenters. The summed E-state index contributed by atoms with van der Waals surface area (Å²) in [6.07, 6.45) is 0.646. The third-order valence-corrected chi connectivity index (χ3v) is 4.40. The van der Waals surface area contributed by atoms with Crippen LogP contribution in [-0.2, 0) is 4.74 Å². The summed E-state index contributed by atoms with van der Waals surface area (Å²) in [6, 6.07) is 6.72. The molecule has 0 saturated carbocycles. The van der Waals surface area contributed by atoms with Crippen molar-refractivity contribution in [1.82, 2.24) is 4.90 Å². The van der Waals surface area contributed by atoms with Crippen molar-refractivity contribution in [3.8, 4) is 0 Å². The number of aliphatic hydroxyl groups is 1. The molecule has 24 heavy (non-hydrogen) atoms. The number of cyclic esters (lactones) is 1. The second-order valence-corrected chi connectivity index (χ2v) is 7.41. The van der Waals surface area contributed by atoms with Crippen LogP contribution in [0.3, 0.4) is 0 Å². The summed E-state index contributed by atoms with van der Waals surface area (Å²) in [4.78, 5) is 25.2. The van der Waals surface area contributed by atoms with E-state index in [1.165, 1.54) is 0 Å². The molecular weight excluding hydrogens is 308 g/mol. The second-order valence-electron chi connectivity index (χ2n) is 7.41. The third kappa shape index (κ3) is 4.26. The van der Waals surface area contributed by atoms with Gasteiger partial charge in [0.15, 0.2) is 0 Å². The van der Waals surface area contributed by atoms with E-state index in [1.807, 2.05) is 13.8 Å². The van der Waals surface area contributed by atoms with Crippen molar-refractivity contribution >= 4 is 12.0 Å². The summed E-state index contributed by atoms with van der Waals surface area (Å²) in [5.74, 6) is -0.478. The Labute approximate surface area is 142 Å². The SMILES string of the molecule is C[C@@H](c1ccc(C(N)=O)cc1)N1CC[C@@](C)(CC(C)(C)O)OC1=O. The van der Waals surface area contributed by atoms with Crippen LogP contribution in [0.25, 0.3) is 0 Å². The minimum atomic E-state index is -0.895. The van der Waals surface area contributed by atoms with E-state index in [1.54, 1.807) is 43.0 Å². The normalized spacial score (nSPS) is 22.9. The first kappa shape index (κ1) is 18.3. The molecular formula is C18H26N2O4. The lowest BCUT2D eigenvalue weighted by Crippen LogP contribution is -2.51. The van der Waals surface area contributed by atoms with Gasteiger partial charge in [0, 0.05) is 24.9 Å². The van der Waals surface area contributed by atoms with Crippen LogP contribution >= 0.6 is 0 Å². The number of amides is 2. The number of benzene rings is 1. The molecule has 0 aromatic heterocycles. The Hall–Kier alpha value is -2.08. The molecule has 6 nitrogen and oxygen atoms in total. The first-order valence-electron chi connectivity index (χ1n) is 8.12. The number of carbonyl (C=O) groups excluding carboxylic acids is 2. The van der Waals surface area contributed by atoms with Crippen LogP contribution < -0.4 is 5.73 Å². The van der Waals surface area contributed by atoms with Gasteiger partial charge >= 0.3 is 6.09 Å². The van der Waals surface area contributed by atoms with Gasteiger partial charge in [-0.15, -0.1) is 0 Å². The summed E-state index contributed by atoms with van der Waals surface area (Å²) < 4.78 is 5.62. The smallest absolute Gasteiger partial charge is 0.410 e. The molecule has 0 spiro atoms. The average molecular weight is 334 g/mol. The zero-order valence-electron chi connectivity index (χ0n) is 14.7. The summed E-state index contributed by atoms with van der Waals surface area (Å²) in [6.45, 7) is 7.73. The molecule has 1 aliphatic heterocycles. The van der Waals surface area contributed by atoms with Crippen molar-refractivity contribution in [1.29, 1.82) is 0 Å². The predicted octanol–water partition coefficient (Wildman–Crippen LogP) is 2.61. The fourth-order valence-corrected chi connectivity index (χ4v) is 3.27. The van der Waals surface area contributed by atoms with Crippen LogP contribution in [0.5, 0.6) is 0 Å². The van der Waals surface area contributed by atoms with E-state index in [4.69, 9.17) is 10.5 Å². The van der Waals surface area contributed by atoms with E-state index >= 15 is 0 Å². The number of primary amides is 1. The number of nitrogens with zero attached hydrogens (tertiary/aromatic N) is 1. The van der Waals surface area contributed by atoms with Crippen molar-refractivity contribution in [2.75, 3.05) is 6.54 Å². The minimum Gasteiger partial charge on any atom is -0.443 e. The maximum atomic E-state index is 12.4. The molecule has 0 bridgehead atoms. The van der Waals surface area contributed by atoms with Crippen LogP contribution in [-0.4, -0.2) is 39.8 Å². The number of ether oxygens (including phenoxy) is 1. The van der Waals surface area contributed by atoms with Gasteiger partial charge in [-0.25, -0.2) is 4.79 Å². The minimum absolute atomic E-state index is 0.175. The van der Waals surface area contributed by atoms with Crippen LogP contribution in [0, 0.1) is 0 Å². The van der Waals surface area contributed by atoms with Crippen molar-refractivity contribution in [2.24, 2.45) is 5.73 Å². The largest absolute Gasteiger partial charge is 0.443 e. The fraction of sp³-hybridized carbons (Fsp3) is 0.556. The summed E-state index contributed by atoms with van der Waals surface area (Å²) >= 11 is 0. The first-order chi connectivity index (χ1) is 11.0. The van der Waals surface area contributed by atoms with Crippen LogP contribution in [0.1, 0.15) is 62.5 Å². The maximum Gasteiger partial charge on any atom is 0.410 e. The number of hydrogen-bond acceptors (Lipinski definition) is 4. The standard InChI is InChI=1S/C18H26N2O4/c1-12(13-5-7-14(8-6-13)15(19)21)20-10-9-18(4,24-16(20)22)11-17(2,3)23/h5-8,12,23H,9-11H2,1-4H3,(H2,19,21)/t12-,18-/m0/s1. The lowest BCUT2D eigenvalue weighted by molar-refractivity contribution is -0.0859. The topological polar surface area (TPSA) is 92.9 Å². The first-order valence-corrected chi connectivity index (χ1v) is 8.12. The van der Waals surface area contributed by atoms with E-state index in [0.29, 0.717) is 24.9 Å². The molecule has 3 N–H and O–H groups in total. The van der Waals surface area contributed by atoms with Gasteiger partial charge in [0.25, 0.3) is 0 Å². The van der Waals surface area contributed by atoms with Gasteiger partial charge in [0.05, 0.1) is 11.6 Å². The molecule has 6 heteroatoms. The van der Waals surface area contributed by atoms with E-state index in [9.17, 15) is 14.7 Å². The molecule has 1 aromatic rings. The zero-order chi connectivity index (χ0) is 18.1. The highest BCUT2D eigenvalue weighted by Crippen LogP contribution is 2.34. The molecule has 1 aliphatic rings. The molecule has 2 amide bonds. The van der Waals surface area contributed by atoms with E-state index in [2.05, 4.69) is 0 Å². The van der Waals surface area contributed by atoms with Crippen LogP contribution in [0.4, 0.5) is 4.79 Å². The third-order valence-electron chi connectivity index (χ3n) is 4.40. The van der Waals surface area contributed by atoms with E-state index < -0.39 is 17.1 Å². The molecule has 1 heterocycles. The Morgan fingerprint density at radius 1 is 1.42 bits per heavy atom. The lowest BCUT2D eigenvalue weighted by atomic mass is 9.87. The van der Waals surface area contributed by atoms with Crippen molar-refractivity contribution in [3.05, 3.63) is 35.4 Å². The van der Waals surface area contributed by atoms with Gasteiger partial charge in [-0.1, -0.05) is 12.1 Å². The van der Waals surface area contributed by atoms with Gasteiger partial charge in [-0.2, -0.15) is 0 Å². The molecule has 132 valence electrons. The molecule has 2 atom stereocenters. The lowest BCUT2D eigenvalue weighted by Gasteiger charge is -2.43. The Morgan fingerprint density at radius 2 is 2.00 bits per heavy atom. The molecule has 0 aliphatic carbocycles. The number of rotatable bonds is 5. The summed E-state index contributed by atoms with van der Waals surface area (Å²) in [5, 5.41) is 10.0. The van der Waals surface area contributed by atoms with Gasteiger partial charge < -0.3 is 20.5 Å². The quantitative estimate of drug-likeness (QED) is 0.865. The van der Waals surface area contributed by atoms with Crippen molar-refractivity contribution in [2.45, 2.75) is 57.8 Å². The number of carbonyl (C=O) groups is 2. The van der Waals surface area contributed by atoms with Gasteiger partial charge in [0.1, 0.15) is 5.60 Å². The van der Waals surface area contributed by atoms with Gasteiger partial charge in [0.2, 0.25) is 5.91 Å². The number of hydrogen-bond donors (Lipinski definition) is 2. The predicted molar refractivity (Wildman–Crippen MR) is 90.5 cm³/mol. The maximum absolute atomic E-state index is 12.4. The van der Waals surface area contributed by atoms with Gasteiger partial charge in [-0.05, 0) is 45.4 Å². The molecule has 1 aromatic carbocycles. The fourth-order valence-electron chi connectivity index (χ4n) is 3.27. The highest BCUT2D eigenvalue weighted by atomic mass is 16.6. The molecule has 1 saturated heterocycles. The van der Waals surface area contributed by atoms with Crippen molar-refractivity contribution < 1.29 is 19.4 Å². The molecule has 0 radical (unpaired) electrons. The summed E-state index contributed by atoms with van der Waals surface area (Å²) in [5.41, 5.74) is 5.02. The highest BCUT2D eigenvalue weighted by molar-refractivity contribution is 5.92. The van der Waals surface area contributed by atoms with Crippen LogP contribution in [0.15, 0.2) is 24.3 Å². The second kappa shape index (κ2) is 6.43. The zero-order valence-corrected chi connectivity index (χ0v) is 14.7.